The van der Waals surface area contributed by atoms with Gasteiger partial charge in [-0.1, -0.05) is 105 Å². The minimum atomic E-state index is -0.369. The number of rotatable bonds is 4. The van der Waals surface area contributed by atoms with Gasteiger partial charge in [-0.15, -0.1) is 23.6 Å². The monoisotopic (exact) mass is 933 g/mol. The summed E-state index contributed by atoms with van der Waals surface area (Å²) >= 11 is 0. The summed E-state index contributed by atoms with van der Waals surface area (Å²) in [5.74, 6) is 4.25. The van der Waals surface area contributed by atoms with Gasteiger partial charge in [-0.05, 0) is 76.6 Å². The maximum absolute atomic E-state index is 6.74. The average molecular weight is 934 g/mol. The number of para-hydroxylation sites is 6. The molecule has 2 aliphatic rings. The molecule has 6 aromatic carbocycles. The maximum Gasteiger partial charge on any atom is 2.00 e. The van der Waals surface area contributed by atoms with Gasteiger partial charge in [-0.25, -0.2) is 4.98 Å². The van der Waals surface area contributed by atoms with E-state index in [0.29, 0.717) is 11.5 Å². The zero-order chi connectivity index (χ0) is 38.3. The standard InChI is InChI=1S/C48H35BN6O2.Pt/c1-48(2,3)32-25-26-50-46(29-32)53-39-16-8-7-15-36(39)37-23-21-35(31-43(37)53)56-34-22-24-40-38(30-34)47-51-27-28-52(47)49-54(33-13-5-4-6-14-33)41-17-9-11-19-44(41)57-45-20-12-10-18-42(45)55(40)49;/h4-29H,1-3H3;/q-2;+2. The molecule has 3 aromatic heterocycles. The molecular weight excluding hydrogens is 898 g/mol. The fourth-order valence-corrected chi connectivity index (χ4v) is 8.22. The van der Waals surface area contributed by atoms with Crippen LogP contribution in [0, 0.1) is 12.1 Å². The molecule has 0 saturated carbocycles. The van der Waals surface area contributed by atoms with E-state index >= 15 is 0 Å². The van der Waals surface area contributed by atoms with E-state index in [0.717, 1.165) is 73.3 Å². The first-order chi connectivity index (χ1) is 27.9. The molecule has 0 atom stereocenters. The Morgan fingerprint density at radius 2 is 1.33 bits per heavy atom. The third-order valence-electron chi connectivity index (χ3n) is 10.9. The van der Waals surface area contributed by atoms with Crippen LogP contribution in [0.4, 0.5) is 22.7 Å². The Morgan fingerprint density at radius 1 is 0.638 bits per heavy atom. The van der Waals surface area contributed by atoms with Gasteiger partial charge >= 0.3 is 28.2 Å². The third-order valence-corrected chi connectivity index (χ3v) is 10.9. The Balaban J connectivity index is 0.00000408. The quantitative estimate of drug-likeness (QED) is 0.129. The van der Waals surface area contributed by atoms with Crippen LogP contribution < -0.4 is 19.1 Å². The van der Waals surface area contributed by atoms with E-state index in [4.69, 9.17) is 19.4 Å². The van der Waals surface area contributed by atoms with Gasteiger partial charge in [0.15, 0.2) is 0 Å². The number of pyridine rings is 1. The number of hydrogen-bond donors (Lipinski definition) is 0. The molecule has 8 nitrogen and oxygen atoms in total. The second kappa shape index (κ2) is 13.8. The Hall–Kier alpha value is -6.57. The molecule has 0 bridgehead atoms. The van der Waals surface area contributed by atoms with Crippen molar-refractivity contribution in [2.75, 3.05) is 9.62 Å². The van der Waals surface area contributed by atoms with Gasteiger partial charge in [0.05, 0.1) is 11.4 Å². The first-order valence-electron chi connectivity index (χ1n) is 19.1. The number of nitrogens with zero attached hydrogens (tertiary/aromatic N) is 6. The molecule has 0 radical (unpaired) electrons. The number of fused-ring (bicyclic) bond motifs is 12. The van der Waals surface area contributed by atoms with Crippen molar-refractivity contribution in [1.29, 1.82) is 0 Å². The molecule has 58 heavy (non-hydrogen) atoms. The van der Waals surface area contributed by atoms with Crippen molar-refractivity contribution in [3.63, 3.8) is 0 Å². The number of imidazole rings is 1. The molecule has 0 saturated heterocycles. The first-order valence-corrected chi connectivity index (χ1v) is 19.1. The molecule has 0 N–H and O–H groups in total. The molecule has 0 unspecified atom stereocenters. The molecule has 9 aromatic rings. The molecule has 10 heteroatoms. The SMILES string of the molecule is CC(C)(C)c1ccnc(-n2c3[c-]c(Oc4[c-]c5c(cc4)N4B(N(c6ccccc6)c6ccccc6Oc6ccccc64)n4ccnc4-5)ccc3c3ccccc32)c1.[Pt+2]. The topological polar surface area (TPSA) is 60.6 Å². The summed E-state index contributed by atoms with van der Waals surface area (Å²) in [5.41, 5.74) is 7.72. The normalized spacial score (nSPS) is 13.0. The number of aromatic nitrogens is 4. The van der Waals surface area contributed by atoms with E-state index in [2.05, 4.69) is 137 Å². The van der Waals surface area contributed by atoms with Crippen LogP contribution in [0.15, 0.2) is 158 Å². The summed E-state index contributed by atoms with van der Waals surface area (Å²) in [7, 11) is -0.369. The molecule has 11 rings (SSSR count). The first kappa shape index (κ1) is 35.8. The molecule has 0 amide bonds. The molecule has 0 spiro atoms. The van der Waals surface area contributed by atoms with E-state index in [1.165, 1.54) is 5.56 Å². The number of hydrogen-bond acceptors (Lipinski definition) is 6. The molecular formula is C48H35BN6O2Pt. The number of ether oxygens (including phenoxy) is 2. The number of benzene rings is 6. The van der Waals surface area contributed by atoms with Crippen LogP contribution in [-0.2, 0) is 26.5 Å². The van der Waals surface area contributed by atoms with E-state index in [1.807, 2.05) is 73.2 Å². The average Bonchev–Trinajstić information content (AvgIpc) is 3.85. The van der Waals surface area contributed by atoms with Crippen LogP contribution >= 0.6 is 0 Å². The summed E-state index contributed by atoms with van der Waals surface area (Å²) in [6, 6.07) is 54.8. The third kappa shape index (κ3) is 5.72. The van der Waals surface area contributed by atoms with Crippen LogP contribution in [0.1, 0.15) is 26.3 Å². The minimum absolute atomic E-state index is 0. The van der Waals surface area contributed by atoms with Crippen LogP contribution in [0.5, 0.6) is 23.0 Å². The van der Waals surface area contributed by atoms with Gasteiger partial charge in [0.2, 0.25) is 0 Å². The largest absolute Gasteiger partial charge is 2.00 e. The van der Waals surface area contributed by atoms with Gasteiger partial charge in [0.1, 0.15) is 17.3 Å². The summed E-state index contributed by atoms with van der Waals surface area (Å²) < 4.78 is 17.8. The van der Waals surface area contributed by atoms with Crippen LogP contribution in [0.3, 0.4) is 0 Å². The summed E-state index contributed by atoms with van der Waals surface area (Å²) in [6.45, 7) is 6.66. The fourth-order valence-electron chi connectivity index (χ4n) is 8.22. The second-order valence-corrected chi connectivity index (χ2v) is 15.4. The van der Waals surface area contributed by atoms with Gasteiger partial charge in [-0.2, -0.15) is 6.07 Å². The van der Waals surface area contributed by atoms with E-state index in [-0.39, 0.29) is 33.6 Å². The molecule has 5 heterocycles. The molecule has 2 aliphatic heterocycles. The van der Waals surface area contributed by atoms with Crippen molar-refractivity contribution in [3.8, 4) is 40.2 Å². The number of anilines is 4. The zero-order valence-corrected chi connectivity index (χ0v) is 34.2. The van der Waals surface area contributed by atoms with Crippen molar-refractivity contribution in [3.05, 3.63) is 176 Å². The molecule has 282 valence electrons. The van der Waals surface area contributed by atoms with E-state index in [9.17, 15) is 0 Å². The smallest absolute Gasteiger partial charge is 0.503 e. The molecule has 0 aliphatic carbocycles. The van der Waals surface area contributed by atoms with E-state index in [1.54, 1.807) is 0 Å². The zero-order valence-electron chi connectivity index (χ0n) is 31.9. The van der Waals surface area contributed by atoms with Crippen molar-refractivity contribution in [2.45, 2.75) is 26.2 Å². The predicted molar refractivity (Wildman–Crippen MR) is 228 cm³/mol. The Kier molecular flexibility index (Phi) is 8.53. The summed E-state index contributed by atoms with van der Waals surface area (Å²) in [5, 5.41) is 2.20. The van der Waals surface area contributed by atoms with Crippen molar-refractivity contribution < 1.29 is 30.5 Å². The van der Waals surface area contributed by atoms with Crippen molar-refractivity contribution in [1.82, 2.24) is 19.0 Å². The second-order valence-electron chi connectivity index (χ2n) is 15.4. The summed E-state index contributed by atoms with van der Waals surface area (Å²) in [4.78, 5) is 14.4. The van der Waals surface area contributed by atoms with Crippen LogP contribution in [-0.4, -0.2) is 26.1 Å². The van der Waals surface area contributed by atoms with Crippen LogP contribution in [0.2, 0.25) is 0 Å². The Labute approximate surface area is 351 Å². The Bertz CT molecular complexity index is 3010. The van der Waals surface area contributed by atoms with Gasteiger partial charge < -0.3 is 28.1 Å². The van der Waals surface area contributed by atoms with Gasteiger partial charge in [0.25, 0.3) is 0 Å². The van der Waals surface area contributed by atoms with Crippen molar-refractivity contribution >= 4 is 51.7 Å². The van der Waals surface area contributed by atoms with Gasteiger partial charge in [-0.3, -0.25) is 4.98 Å². The molecule has 0 fully saturated rings. The van der Waals surface area contributed by atoms with Gasteiger partial charge in [0, 0.05) is 47.1 Å². The Morgan fingerprint density at radius 3 is 2.12 bits per heavy atom. The maximum atomic E-state index is 6.74. The van der Waals surface area contributed by atoms with E-state index < -0.39 is 0 Å². The minimum Gasteiger partial charge on any atom is -0.503 e. The van der Waals surface area contributed by atoms with Crippen molar-refractivity contribution in [2.24, 2.45) is 0 Å². The fraction of sp³-hybridized carbons (Fsp3) is 0.0833. The summed E-state index contributed by atoms with van der Waals surface area (Å²) in [6.07, 6.45) is 5.77. The van der Waals surface area contributed by atoms with Crippen LogP contribution in [0.25, 0.3) is 39.0 Å². The predicted octanol–water partition coefficient (Wildman–Crippen LogP) is 11.7.